The van der Waals surface area contributed by atoms with E-state index < -0.39 is 21.7 Å². The van der Waals surface area contributed by atoms with Gasteiger partial charge in [-0.25, -0.2) is 13.2 Å². The number of hydrogen-bond donors (Lipinski definition) is 3. The van der Waals surface area contributed by atoms with Crippen LogP contribution in [0, 0.1) is 0 Å². The lowest BCUT2D eigenvalue weighted by Gasteiger charge is -2.20. The Morgan fingerprint density at radius 2 is 1.87 bits per heavy atom. The molecule has 0 saturated heterocycles. The molecule has 0 bridgehead atoms. The highest BCUT2D eigenvalue weighted by molar-refractivity contribution is 7.92. The SMILES string of the molecule is CCNC(=NCCS(=O)(=O)N1CCc2ccccc21)NCCNC(=O)OC(C)(C)C. The van der Waals surface area contributed by atoms with E-state index >= 15 is 0 Å². The third-order valence-corrected chi connectivity index (χ3v) is 5.98. The molecular weight excluding hydrogens is 406 g/mol. The van der Waals surface area contributed by atoms with Crippen LogP contribution in [0.2, 0.25) is 0 Å². The first-order valence-corrected chi connectivity index (χ1v) is 11.8. The van der Waals surface area contributed by atoms with Gasteiger partial charge in [0.05, 0.1) is 18.0 Å². The minimum atomic E-state index is -3.44. The smallest absolute Gasteiger partial charge is 0.407 e. The molecule has 1 aliphatic rings. The number of nitrogens with one attached hydrogen (secondary N) is 3. The van der Waals surface area contributed by atoms with Gasteiger partial charge in [0.15, 0.2) is 5.96 Å². The molecule has 0 radical (unpaired) electrons. The van der Waals surface area contributed by atoms with E-state index in [0.717, 1.165) is 17.7 Å². The summed E-state index contributed by atoms with van der Waals surface area (Å²) < 4.78 is 32.1. The summed E-state index contributed by atoms with van der Waals surface area (Å²) in [6.45, 7) is 9.35. The summed E-state index contributed by atoms with van der Waals surface area (Å²) in [5.41, 5.74) is 1.27. The Balaban J connectivity index is 1.82. The van der Waals surface area contributed by atoms with Gasteiger partial charge in [-0.15, -0.1) is 0 Å². The molecule has 3 N–H and O–H groups in total. The molecule has 9 nitrogen and oxygen atoms in total. The van der Waals surface area contributed by atoms with E-state index in [1.807, 2.05) is 31.2 Å². The molecule has 1 aliphatic heterocycles. The lowest BCUT2D eigenvalue weighted by atomic mass is 10.2. The molecule has 0 spiro atoms. The molecule has 168 valence electrons. The van der Waals surface area contributed by atoms with Crippen molar-refractivity contribution in [3.8, 4) is 0 Å². The normalized spacial score (nSPS) is 14.3. The Morgan fingerprint density at radius 3 is 2.57 bits per heavy atom. The number of guanidine groups is 1. The number of nitrogens with zero attached hydrogens (tertiary/aromatic N) is 2. The maximum atomic E-state index is 12.7. The van der Waals surface area contributed by atoms with Gasteiger partial charge in [-0.2, -0.15) is 0 Å². The molecule has 0 aromatic heterocycles. The van der Waals surface area contributed by atoms with Crippen molar-refractivity contribution in [3.05, 3.63) is 29.8 Å². The van der Waals surface area contributed by atoms with Crippen molar-refractivity contribution in [1.82, 2.24) is 16.0 Å². The van der Waals surface area contributed by atoms with E-state index in [9.17, 15) is 13.2 Å². The van der Waals surface area contributed by atoms with Crippen molar-refractivity contribution >= 4 is 27.8 Å². The molecule has 0 aliphatic carbocycles. The van der Waals surface area contributed by atoms with E-state index in [0.29, 0.717) is 32.1 Å². The first-order valence-electron chi connectivity index (χ1n) is 10.2. The molecule has 10 heteroatoms. The number of rotatable bonds is 8. The number of ether oxygens (including phenoxy) is 1. The fourth-order valence-electron chi connectivity index (χ4n) is 2.98. The Kier molecular flexibility index (Phi) is 8.33. The van der Waals surface area contributed by atoms with Crippen LogP contribution < -0.4 is 20.3 Å². The Hall–Kier alpha value is -2.49. The largest absolute Gasteiger partial charge is 0.444 e. The second-order valence-electron chi connectivity index (χ2n) is 7.88. The van der Waals surface area contributed by atoms with Crippen LogP contribution >= 0.6 is 0 Å². The third kappa shape index (κ3) is 7.40. The van der Waals surface area contributed by atoms with Crippen LogP contribution in [-0.2, 0) is 21.2 Å². The predicted molar refractivity (Wildman–Crippen MR) is 119 cm³/mol. The van der Waals surface area contributed by atoms with E-state index in [1.165, 1.54) is 4.31 Å². The van der Waals surface area contributed by atoms with E-state index in [2.05, 4.69) is 20.9 Å². The maximum absolute atomic E-state index is 12.7. The lowest BCUT2D eigenvalue weighted by Crippen LogP contribution is -2.42. The van der Waals surface area contributed by atoms with Crippen LogP contribution in [0.4, 0.5) is 10.5 Å². The number of anilines is 1. The van der Waals surface area contributed by atoms with Crippen molar-refractivity contribution in [1.29, 1.82) is 0 Å². The van der Waals surface area contributed by atoms with Crippen molar-refractivity contribution in [2.45, 2.75) is 39.7 Å². The number of carbonyl (C=O) groups excluding carboxylic acids is 1. The van der Waals surface area contributed by atoms with Gasteiger partial charge in [0.1, 0.15) is 5.60 Å². The first-order chi connectivity index (χ1) is 14.1. The summed E-state index contributed by atoms with van der Waals surface area (Å²) in [5.74, 6) is 0.425. The molecule has 0 fully saturated rings. The summed E-state index contributed by atoms with van der Waals surface area (Å²) in [7, 11) is -3.44. The summed E-state index contributed by atoms with van der Waals surface area (Å²) in [5, 5.41) is 8.79. The minimum Gasteiger partial charge on any atom is -0.444 e. The number of carbonyl (C=O) groups is 1. The first kappa shape index (κ1) is 23.8. The molecule has 0 unspecified atom stereocenters. The third-order valence-electron chi connectivity index (χ3n) is 4.23. The molecule has 1 heterocycles. The minimum absolute atomic E-state index is 0.0753. The van der Waals surface area contributed by atoms with Gasteiger partial charge in [0.2, 0.25) is 10.0 Å². The van der Waals surface area contributed by atoms with Crippen LogP contribution in [-0.4, -0.2) is 64.5 Å². The molecule has 0 atom stereocenters. The number of aliphatic imine (C=N–C) groups is 1. The Labute approximate surface area is 179 Å². The van der Waals surface area contributed by atoms with Crippen LogP contribution in [0.1, 0.15) is 33.3 Å². The molecule has 2 rings (SSSR count). The van der Waals surface area contributed by atoms with Crippen molar-refractivity contribution < 1.29 is 17.9 Å². The van der Waals surface area contributed by atoms with Crippen LogP contribution in [0.5, 0.6) is 0 Å². The van der Waals surface area contributed by atoms with Crippen LogP contribution in [0.15, 0.2) is 29.3 Å². The van der Waals surface area contributed by atoms with Crippen molar-refractivity contribution in [2.75, 3.05) is 42.8 Å². The van der Waals surface area contributed by atoms with E-state index in [4.69, 9.17) is 4.74 Å². The monoisotopic (exact) mass is 439 g/mol. The zero-order valence-electron chi connectivity index (χ0n) is 18.2. The van der Waals surface area contributed by atoms with Gasteiger partial charge >= 0.3 is 6.09 Å². The van der Waals surface area contributed by atoms with Crippen LogP contribution in [0.3, 0.4) is 0 Å². The topological polar surface area (TPSA) is 112 Å². The molecular formula is C20H33N5O4S. The standard InChI is InChI=1S/C20H33N5O4S/c1-5-21-18(22-11-12-24-19(26)29-20(2,3)4)23-13-15-30(27,28)25-14-10-16-8-6-7-9-17(16)25/h6-9H,5,10-15H2,1-4H3,(H,24,26)(H2,21,22,23). The molecule has 0 saturated carbocycles. The van der Waals surface area contributed by atoms with Gasteiger partial charge in [-0.05, 0) is 45.7 Å². The fourth-order valence-corrected chi connectivity index (χ4v) is 4.37. The van der Waals surface area contributed by atoms with Gasteiger partial charge < -0.3 is 20.7 Å². The number of benzene rings is 1. The van der Waals surface area contributed by atoms with Crippen molar-refractivity contribution in [2.24, 2.45) is 4.99 Å². The zero-order chi connectivity index (χ0) is 22.2. The Morgan fingerprint density at radius 1 is 1.17 bits per heavy atom. The second-order valence-corrected chi connectivity index (χ2v) is 9.90. The van der Waals surface area contributed by atoms with Gasteiger partial charge in [-0.1, -0.05) is 18.2 Å². The average molecular weight is 440 g/mol. The van der Waals surface area contributed by atoms with E-state index in [1.54, 1.807) is 20.8 Å². The fraction of sp³-hybridized carbons (Fsp3) is 0.600. The number of alkyl carbamates (subject to hydrolysis) is 1. The number of sulfonamides is 1. The summed E-state index contributed by atoms with van der Waals surface area (Å²) in [6.07, 6.45) is 0.247. The number of fused-ring (bicyclic) bond motifs is 1. The summed E-state index contributed by atoms with van der Waals surface area (Å²) >= 11 is 0. The number of amides is 1. The average Bonchev–Trinajstić information content (AvgIpc) is 3.08. The summed E-state index contributed by atoms with van der Waals surface area (Å²) in [6, 6.07) is 7.57. The number of hydrogen-bond acceptors (Lipinski definition) is 5. The maximum Gasteiger partial charge on any atom is 0.407 e. The van der Waals surface area contributed by atoms with Crippen LogP contribution in [0.25, 0.3) is 0 Å². The molecule has 30 heavy (non-hydrogen) atoms. The molecule has 1 aromatic rings. The summed E-state index contributed by atoms with van der Waals surface area (Å²) in [4.78, 5) is 16.0. The Bertz CT molecular complexity index is 849. The highest BCUT2D eigenvalue weighted by Gasteiger charge is 2.28. The highest BCUT2D eigenvalue weighted by Crippen LogP contribution is 2.29. The second kappa shape index (κ2) is 10.5. The number of para-hydroxylation sites is 1. The highest BCUT2D eigenvalue weighted by atomic mass is 32.2. The quantitative estimate of drug-likeness (QED) is 0.321. The molecule has 1 amide bonds. The van der Waals surface area contributed by atoms with Gasteiger partial charge in [0.25, 0.3) is 0 Å². The van der Waals surface area contributed by atoms with Gasteiger partial charge in [-0.3, -0.25) is 9.30 Å². The van der Waals surface area contributed by atoms with Gasteiger partial charge in [0, 0.05) is 26.2 Å². The van der Waals surface area contributed by atoms with Crippen molar-refractivity contribution in [3.63, 3.8) is 0 Å². The zero-order valence-corrected chi connectivity index (χ0v) is 19.0. The molecule has 1 aromatic carbocycles. The van der Waals surface area contributed by atoms with E-state index in [-0.39, 0.29) is 12.3 Å². The lowest BCUT2D eigenvalue weighted by molar-refractivity contribution is 0.0529. The predicted octanol–water partition coefficient (Wildman–Crippen LogP) is 1.46.